The van der Waals surface area contributed by atoms with Crippen molar-refractivity contribution in [3.63, 3.8) is 0 Å². The summed E-state index contributed by atoms with van der Waals surface area (Å²) in [6, 6.07) is 4.41. The molecule has 1 N–H and O–H groups in total. The van der Waals surface area contributed by atoms with Gasteiger partial charge in [-0.25, -0.2) is 4.90 Å². The van der Waals surface area contributed by atoms with Crippen LogP contribution in [0.5, 0.6) is 0 Å². The van der Waals surface area contributed by atoms with E-state index in [-0.39, 0.29) is 30.9 Å². The summed E-state index contributed by atoms with van der Waals surface area (Å²) in [5.41, 5.74) is 0.345. The fourth-order valence-electron chi connectivity index (χ4n) is 3.68. The number of carbonyl (C=O) groups excluding carboxylic acids is 2. The van der Waals surface area contributed by atoms with E-state index in [0.717, 1.165) is 30.7 Å². The molecule has 2 aliphatic rings. The van der Waals surface area contributed by atoms with Crippen molar-refractivity contribution in [2.24, 2.45) is 0 Å². The van der Waals surface area contributed by atoms with Crippen LogP contribution in [-0.2, 0) is 9.59 Å². The number of aliphatic hydroxyl groups excluding tert-OH is 1. The van der Waals surface area contributed by atoms with Gasteiger partial charge in [-0.3, -0.25) is 14.5 Å². The van der Waals surface area contributed by atoms with Crippen LogP contribution < -0.4 is 4.90 Å². The van der Waals surface area contributed by atoms with Gasteiger partial charge in [-0.15, -0.1) is 0 Å². The van der Waals surface area contributed by atoms with E-state index in [1.54, 1.807) is 18.2 Å². The van der Waals surface area contributed by atoms with Gasteiger partial charge in [0.2, 0.25) is 5.91 Å². The number of aliphatic hydroxyl groups is 1. The maximum atomic E-state index is 12.9. The molecule has 7 heteroatoms. The molecule has 1 aromatic carbocycles. The van der Waals surface area contributed by atoms with Crippen molar-refractivity contribution in [2.75, 3.05) is 18.1 Å². The molecule has 2 amide bonds. The summed E-state index contributed by atoms with van der Waals surface area (Å²) in [4.78, 5) is 28.7. The van der Waals surface area contributed by atoms with Gasteiger partial charge in [-0.1, -0.05) is 29.6 Å². The molecular formula is C17H20Cl2N2O3. The number of benzene rings is 1. The van der Waals surface area contributed by atoms with Gasteiger partial charge in [0.1, 0.15) is 0 Å². The second-order valence-electron chi connectivity index (χ2n) is 6.28. The van der Waals surface area contributed by atoms with Crippen LogP contribution in [-0.4, -0.2) is 47.1 Å². The Morgan fingerprint density at radius 3 is 2.75 bits per heavy atom. The lowest BCUT2D eigenvalue weighted by Crippen LogP contribution is -2.50. The van der Waals surface area contributed by atoms with Crippen molar-refractivity contribution in [3.05, 3.63) is 28.2 Å². The highest BCUT2D eigenvalue weighted by Gasteiger charge is 2.45. The molecule has 2 aliphatic heterocycles. The highest BCUT2D eigenvalue weighted by atomic mass is 35.5. The van der Waals surface area contributed by atoms with E-state index in [0.29, 0.717) is 22.2 Å². The summed E-state index contributed by atoms with van der Waals surface area (Å²) >= 11 is 12.2. The zero-order valence-corrected chi connectivity index (χ0v) is 14.8. The maximum absolute atomic E-state index is 12.9. The fraction of sp³-hybridized carbons (Fsp3) is 0.529. The molecule has 24 heavy (non-hydrogen) atoms. The fourth-order valence-corrected chi connectivity index (χ4v) is 4.05. The zero-order valence-electron chi connectivity index (χ0n) is 13.3. The molecule has 130 valence electrons. The van der Waals surface area contributed by atoms with Crippen LogP contribution in [0.15, 0.2) is 18.2 Å². The normalized spacial score (nSPS) is 25.5. The molecule has 0 unspecified atom stereocenters. The minimum atomic E-state index is -0.482. The Balaban J connectivity index is 1.87. The highest BCUT2D eigenvalue weighted by Crippen LogP contribution is 2.35. The number of anilines is 1. The van der Waals surface area contributed by atoms with Gasteiger partial charge < -0.3 is 5.11 Å². The molecule has 0 radical (unpaired) electrons. The van der Waals surface area contributed by atoms with E-state index >= 15 is 0 Å². The summed E-state index contributed by atoms with van der Waals surface area (Å²) < 4.78 is 0. The third-order valence-electron chi connectivity index (χ3n) is 4.81. The van der Waals surface area contributed by atoms with Crippen molar-refractivity contribution in [1.29, 1.82) is 0 Å². The van der Waals surface area contributed by atoms with Crippen molar-refractivity contribution < 1.29 is 14.7 Å². The molecule has 0 spiro atoms. The van der Waals surface area contributed by atoms with Crippen molar-refractivity contribution in [1.82, 2.24) is 4.90 Å². The Kier molecular flexibility index (Phi) is 5.45. The number of imide groups is 1. The van der Waals surface area contributed by atoms with Crippen LogP contribution in [0.4, 0.5) is 5.69 Å². The summed E-state index contributed by atoms with van der Waals surface area (Å²) in [7, 11) is 0. The molecule has 5 nitrogen and oxygen atoms in total. The Bertz CT molecular complexity index is 651. The van der Waals surface area contributed by atoms with Gasteiger partial charge in [0.25, 0.3) is 5.91 Å². The summed E-state index contributed by atoms with van der Waals surface area (Å²) in [5, 5.41) is 10.0. The molecule has 2 atom stereocenters. The zero-order chi connectivity index (χ0) is 17.3. The van der Waals surface area contributed by atoms with Gasteiger partial charge in [0, 0.05) is 17.7 Å². The van der Waals surface area contributed by atoms with Crippen molar-refractivity contribution in [3.8, 4) is 0 Å². The lowest BCUT2D eigenvalue weighted by molar-refractivity contribution is -0.123. The second kappa shape index (κ2) is 7.40. The quantitative estimate of drug-likeness (QED) is 0.827. The van der Waals surface area contributed by atoms with Crippen molar-refractivity contribution in [2.45, 2.75) is 44.2 Å². The monoisotopic (exact) mass is 370 g/mol. The smallest absolute Gasteiger partial charge is 0.251 e. The minimum absolute atomic E-state index is 0.0832. The lowest BCUT2D eigenvalue weighted by Gasteiger charge is -2.38. The molecule has 2 fully saturated rings. The molecule has 0 aliphatic carbocycles. The first kappa shape index (κ1) is 17.7. The number of amides is 2. The van der Waals surface area contributed by atoms with Gasteiger partial charge in [-0.05, 0) is 44.0 Å². The summed E-state index contributed by atoms with van der Waals surface area (Å²) in [6.45, 7) is 0.853. The number of likely N-dealkylation sites (tertiary alicyclic amines) is 1. The first-order chi connectivity index (χ1) is 11.5. The first-order valence-electron chi connectivity index (χ1n) is 8.21. The predicted molar refractivity (Wildman–Crippen MR) is 93.4 cm³/mol. The molecule has 2 heterocycles. The van der Waals surface area contributed by atoms with E-state index in [4.69, 9.17) is 23.2 Å². The van der Waals surface area contributed by atoms with E-state index in [9.17, 15) is 14.7 Å². The topological polar surface area (TPSA) is 60.9 Å². The molecule has 1 aromatic rings. The van der Waals surface area contributed by atoms with E-state index < -0.39 is 6.04 Å². The number of halogens is 2. The predicted octanol–water partition coefficient (Wildman–Crippen LogP) is 2.86. The first-order valence-corrected chi connectivity index (χ1v) is 8.97. The van der Waals surface area contributed by atoms with Gasteiger partial charge in [0.05, 0.1) is 23.2 Å². The van der Waals surface area contributed by atoms with Gasteiger partial charge in [-0.2, -0.15) is 0 Å². The van der Waals surface area contributed by atoms with E-state index in [1.165, 1.54) is 0 Å². The number of nitrogens with zero attached hydrogens (tertiary/aromatic N) is 2. The Morgan fingerprint density at radius 1 is 1.21 bits per heavy atom. The molecule has 3 rings (SSSR count). The number of rotatable bonds is 4. The van der Waals surface area contributed by atoms with Crippen LogP contribution in [0.25, 0.3) is 0 Å². The summed E-state index contributed by atoms with van der Waals surface area (Å²) in [5.74, 6) is -0.517. The van der Waals surface area contributed by atoms with Gasteiger partial charge >= 0.3 is 0 Å². The summed E-state index contributed by atoms with van der Waals surface area (Å²) in [6.07, 6.45) is 3.79. The second-order valence-corrected chi connectivity index (χ2v) is 7.13. The number of hydrogen-bond donors (Lipinski definition) is 1. The molecule has 0 saturated carbocycles. The largest absolute Gasteiger partial charge is 0.396 e. The third-order valence-corrected chi connectivity index (χ3v) is 5.36. The average Bonchev–Trinajstić information content (AvgIpc) is 2.85. The number of piperidine rings is 1. The minimum Gasteiger partial charge on any atom is -0.396 e. The third kappa shape index (κ3) is 3.31. The maximum Gasteiger partial charge on any atom is 0.251 e. The molecule has 0 bridgehead atoms. The number of hydrogen-bond acceptors (Lipinski definition) is 4. The van der Waals surface area contributed by atoms with Crippen LogP contribution in [0.1, 0.15) is 32.1 Å². The van der Waals surface area contributed by atoms with Crippen molar-refractivity contribution >= 4 is 40.7 Å². The van der Waals surface area contributed by atoms with Crippen LogP contribution in [0.3, 0.4) is 0 Å². The van der Waals surface area contributed by atoms with Gasteiger partial charge in [0.15, 0.2) is 0 Å². The SMILES string of the molecule is O=C1C[C@@H](N2CCCC[C@@H]2CCO)C(=O)N1c1cc(Cl)ccc1Cl. The molecule has 0 aromatic heterocycles. The molecular weight excluding hydrogens is 351 g/mol. The van der Waals surface area contributed by atoms with E-state index in [1.807, 2.05) is 0 Å². The Morgan fingerprint density at radius 2 is 2.00 bits per heavy atom. The van der Waals surface area contributed by atoms with Crippen LogP contribution in [0.2, 0.25) is 10.0 Å². The van der Waals surface area contributed by atoms with Crippen LogP contribution in [0, 0.1) is 0 Å². The Hall–Kier alpha value is -1.14. The van der Waals surface area contributed by atoms with E-state index in [2.05, 4.69) is 4.90 Å². The molecule has 2 saturated heterocycles. The highest BCUT2D eigenvalue weighted by molar-refractivity contribution is 6.37. The van der Waals surface area contributed by atoms with Crippen LogP contribution >= 0.6 is 23.2 Å². The standard InChI is InChI=1S/C17H20Cl2N2O3/c18-11-4-5-13(19)14(9-11)21-16(23)10-15(17(21)24)20-7-2-1-3-12(20)6-8-22/h4-5,9,12,15,22H,1-3,6-8,10H2/t12-,15-/m1/s1. The lowest BCUT2D eigenvalue weighted by atomic mass is 9.97. The Labute approximate surface area is 151 Å². The average molecular weight is 371 g/mol. The number of carbonyl (C=O) groups is 2.